The van der Waals surface area contributed by atoms with E-state index in [2.05, 4.69) is 19.0 Å². The molecule has 0 saturated heterocycles. The summed E-state index contributed by atoms with van der Waals surface area (Å²) < 4.78 is 0. The zero-order chi connectivity index (χ0) is 14.8. The number of hydrogen-bond donors (Lipinski definition) is 1. The van der Waals surface area contributed by atoms with Crippen LogP contribution in [-0.4, -0.2) is 55.0 Å². The highest BCUT2D eigenvalue weighted by Gasteiger charge is 2.40. The van der Waals surface area contributed by atoms with Gasteiger partial charge >= 0.3 is 0 Å². The zero-order valence-electron chi connectivity index (χ0n) is 13.4. The zero-order valence-corrected chi connectivity index (χ0v) is 13.4. The maximum atomic E-state index is 12.4. The van der Waals surface area contributed by atoms with Crippen LogP contribution >= 0.6 is 0 Å². The Morgan fingerprint density at radius 3 is 2.20 bits per heavy atom. The molecule has 2 aliphatic rings. The lowest BCUT2D eigenvalue weighted by molar-refractivity contribution is -0.134. The van der Waals surface area contributed by atoms with E-state index in [4.69, 9.17) is 5.73 Å². The Labute approximate surface area is 123 Å². The van der Waals surface area contributed by atoms with Crippen LogP contribution in [0.15, 0.2) is 0 Å². The van der Waals surface area contributed by atoms with Gasteiger partial charge in [0.1, 0.15) is 0 Å². The fraction of sp³-hybridized carbons (Fsp3) is 0.938. The fourth-order valence-electron chi connectivity index (χ4n) is 3.66. The Hall–Kier alpha value is -0.610. The van der Waals surface area contributed by atoms with Gasteiger partial charge in [0.2, 0.25) is 5.91 Å². The molecule has 2 saturated carbocycles. The van der Waals surface area contributed by atoms with Crippen molar-refractivity contribution in [3.63, 3.8) is 0 Å². The molecule has 4 heteroatoms. The van der Waals surface area contributed by atoms with Gasteiger partial charge in [-0.15, -0.1) is 0 Å². The third-order valence-electron chi connectivity index (χ3n) is 5.54. The van der Waals surface area contributed by atoms with E-state index in [-0.39, 0.29) is 5.54 Å². The molecule has 0 bridgehead atoms. The number of amides is 1. The largest absolute Gasteiger partial charge is 0.344 e. The van der Waals surface area contributed by atoms with Gasteiger partial charge in [-0.25, -0.2) is 0 Å². The normalized spacial score (nSPS) is 29.1. The minimum Gasteiger partial charge on any atom is -0.344 e. The summed E-state index contributed by atoms with van der Waals surface area (Å²) >= 11 is 0. The average molecular weight is 281 g/mol. The van der Waals surface area contributed by atoms with Gasteiger partial charge in [-0.05, 0) is 65.0 Å². The van der Waals surface area contributed by atoms with Crippen molar-refractivity contribution in [1.82, 2.24) is 9.80 Å². The summed E-state index contributed by atoms with van der Waals surface area (Å²) in [5, 5.41) is 0. The van der Waals surface area contributed by atoms with Crippen LogP contribution in [0, 0.1) is 5.92 Å². The molecule has 0 radical (unpaired) electrons. The fourth-order valence-corrected chi connectivity index (χ4v) is 3.66. The molecule has 2 aliphatic carbocycles. The van der Waals surface area contributed by atoms with Gasteiger partial charge in [0.25, 0.3) is 0 Å². The van der Waals surface area contributed by atoms with E-state index in [0.717, 1.165) is 32.2 Å². The van der Waals surface area contributed by atoms with Crippen molar-refractivity contribution in [3.05, 3.63) is 0 Å². The first-order chi connectivity index (χ1) is 9.43. The lowest BCUT2D eigenvalue weighted by Crippen LogP contribution is -2.57. The van der Waals surface area contributed by atoms with Gasteiger partial charge in [-0.2, -0.15) is 0 Å². The standard InChI is InChI=1S/C16H31N3O/c1-18(2)16(9-4-10-16)12-19(3)15(20)11-13-5-7-14(17)8-6-13/h13-14H,4-12,17H2,1-3H3. The van der Waals surface area contributed by atoms with E-state index in [1.165, 1.54) is 19.3 Å². The summed E-state index contributed by atoms with van der Waals surface area (Å²) in [6, 6.07) is 0.367. The van der Waals surface area contributed by atoms with Crippen LogP contribution in [0.3, 0.4) is 0 Å². The Morgan fingerprint density at radius 2 is 1.75 bits per heavy atom. The molecule has 2 N–H and O–H groups in total. The predicted octanol–water partition coefficient (Wildman–Crippen LogP) is 1.84. The van der Waals surface area contributed by atoms with Crippen LogP contribution in [0.2, 0.25) is 0 Å². The molecular formula is C16H31N3O. The molecule has 0 aliphatic heterocycles. The molecule has 0 unspecified atom stereocenters. The van der Waals surface area contributed by atoms with E-state index in [1.807, 2.05) is 11.9 Å². The summed E-state index contributed by atoms with van der Waals surface area (Å²) in [5.41, 5.74) is 6.16. The molecule has 0 aromatic carbocycles. The first-order valence-corrected chi connectivity index (χ1v) is 8.10. The molecule has 2 rings (SSSR count). The molecule has 116 valence electrons. The van der Waals surface area contributed by atoms with Crippen molar-refractivity contribution in [3.8, 4) is 0 Å². The second-order valence-corrected chi connectivity index (χ2v) is 7.21. The predicted molar refractivity (Wildman–Crippen MR) is 82.5 cm³/mol. The molecule has 4 nitrogen and oxygen atoms in total. The molecular weight excluding hydrogens is 250 g/mol. The molecule has 0 spiro atoms. The van der Waals surface area contributed by atoms with Crippen molar-refractivity contribution in [2.75, 3.05) is 27.7 Å². The molecule has 2 fully saturated rings. The maximum Gasteiger partial charge on any atom is 0.222 e. The minimum atomic E-state index is 0.235. The summed E-state index contributed by atoms with van der Waals surface area (Å²) in [4.78, 5) is 16.7. The number of carbonyl (C=O) groups excluding carboxylic acids is 1. The van der Waals surface area contributed by atoms with Gasteiger partial charge in [0.15, 0.2) is 0 Å². The summed E-state index contributed by atoms with van der Waals surface area (Å²) in [6.45, 7) is 0.880. The van der Waals surface area contributed by atoms with Gasteiger partial charge in [-0.3, -0.25) is 4.79 Å². The number of hydrogen-bond acceptors (Lipinski definition) is 3. The highest BCUT2D eigenvalue weighted by atomic mass is 16.2. The molecule has 0 atom stereocenters. The second kappa shape index (κ2) is 6.44. The highest BCUT2D eigenvalue weighted by Crippen LogP contribution is 2.37. The monoisotopic (exact) mass is 281 g/mol. The lowest BCUT2D eigenvalue weighted by Gasteiger charge is -2.49. The topological polar surface area (TPSA) is 49.6 Å². The second-order valence-electron chi connectivity index (χ2n) is 7.21. The Kier molecular flexibility index (Phi) is 5.08. The van der Waals surface area contributed by atoms with Crippen molar-refractivity contribution in [1.29, 1.82) is 0 Å². The first-order valence-electron chi connectivity index (χ1n) is 8.10. The summed E-state index contributed by atoms with van der Waals surface area (Å²) in [7, 11) is 6.25. The first kappa shape index (κ1) is 15.8. The SMILES string of the molecule is CN(CC1(N(C)C)CCC1)C(=O)CC1CCC(N)CC1. The summed E-state index contributed by atoms with van der Waals surface area (Å²) in [6.07, 6.45) is 8.87. The Bertz CT molecular complexity index is 331. The van der Waals surface area contributed by atoms with Gasteiger partial charge < -0.3 is 15.5 Å². The third-order valence-corrected chi connectivity index (χ3v) is 5.54. The smallest absolute Gasteiger partial charge is 0.222 e. The van der Waals surface area contributed by atoms with E-state index in [9.17, 15) is 4.79 Å². The molecule has 20 heavy (non-hydrogen) atoms. The quantitative estimate of drug-likeness (QED) is 0.836. The van der Waals surface area contributed by atoms with Crippen LogP contribution < -0.4 is 5.73 Å². The van der Waals surface area contributed by atoms with E-state index < -0.39 is 0 Å². The Balaban J connectivity index is 1.80. The lowest BCUT2D eigenvalue weighted by atomic mass is 9.75. The average Bonchev–Trinajstić information content (AvgIpc) is 2.35. The van der Waals surface area contributed by atoms with Crippen molar-refractivity contribution >= 4 is 5.91 Å². The van der Waals surface area contributed by atoms with E-state index in [1.54, 1.807) is 0 Å². The van der Waals surface area contributed by atoms with Crippen LogP contribution in [0.25, 0.3) is 0 Å². The van der Waals surface area contributed by atoms with E-state index >= 15 is 0 Å². The number of likely N-dealkylation sites (N-methyl/N-ethyl adjacent to an activating group) is 2. The summed E-state index contributed by atoms with van der Waals surface area (Å²) in [5.74, 6) is 0.875. The van der Waals surface area contributed by atoms with Gasteiger partial charge in [0, 0.05) is 31.6 Å². The maximum absolute atomic E-state index is 12.4. The minimum absolute atomic E-state index is 0.235. The number of carbonyl (C=O) groups is 1. The number of nitrogens with zero attached hydrogens (tertiary/aromatic N) is 2. The Morgan fingerprint density at radius 1 is 1.15 bits per heavy atom. The van der Waals surface area contributed by atoms with Gasteiger partial charge in [0.05, 0.1) is 0 Å². The van der Waals surface area contributed by atoms with Crippen LogP contribution in [0.4, 0.5) is 0 Å². The van der Waals surface area contributed by atoms with E-state index in [0.29, 0.717) is 24.3 Å². The van der Waals surface area contributed by atoms with Crippen LogP contribution in [-0.2, 0) is 4.79 Å². The molecule has 0 aromatic rings. The van der Waals surface area contributed by atoms with Crippen LogP contribution in [0.5, 0.6) is 0 Å². The van der Waals surface area contributed by atoms with Crippen molar-refractivity contribution in [2.24, 2.45) is 11.7 Å². The van der Waals surface area contributed by atoms with Crippen molar-refractivity contribution in [2.45, 2.75) is 62.9 Å². The van der Waals surface area contributed by atoms with Gasteiger partial charge in [-0.1, -0.05) is 0 Å². The molecule has 1 amide bonds. The molecule has 0 heterocycles. The number of nitrogens with two attached hydrogens (primary N) is 1. The van der Waals surface area contributed by atoms with Crippen LogP contribution in [0.1, 0.15) is 51.4 Å². The van der Waals surface area contributed by atoms with Crippen molar-refractivity contribution < 1.29 is 4.79 Å². The molecule has 0 aromatic heterocycles. The highest BCUT2D eigenvalue weighted by molar-refractivity contribution is 5.76. The number of rotatable bonds is 5. The third kappa shape index (κ3) is 3.53.